The number of aromatic nitrogens is 2. The molecule has 0 bridgehead atoms. The number of benzene rings is 1. The van der Waals surface area contributed by atoms with Crippen LogP contribution in [0.2, 0.25) is 0 Å². The lowest BCUT2D eigenvalue weighted by Crippen LogP contribution is -2.52. The van der Waals surface area contributed by atoms with Gasteiger partial charge in [0.15, 0.2) is 0 Å². The molecule has 7 nitrogen and oxygen atoms in total. The van der Waals surface area contributed by atoms with Crippen molar-refractivity contribution in [2.24, 2.45) is 5.73 Å². The van der Waals surface area contributed by atoms with Gasteiger partial charge in [-0.25, -0.2) is 4.68 Å². The first-order chi connectivity index (χ1) is 11.5. The molecular formula is C17H21N5O2. The minimum Gasteiger partial charge on any atom is -0.369 e. The van der Waals surface area contributed by atoms with E-state index in [1.807, 2.05) is 53.8 Å². The highest BCUT2D eigenvalue weighted by molar-refractivity contribution is 5.86. The molecule has 1 fully saturated rings. The van der Waals surface area contributed by atoms with E-state index in [0.29, 0.717) is 13.1 Å². The van der Waals surface area contributed by atoms with E-state index in [0.717, 1.165) is 22.6 Å². The molecule has 1 saturated heterocycles. The van der Waals surface area contributed by atoms with Crippen LogP contribution in [0.4, 0.5) is 0 Å². The number of aryl methyl sites for hydroxylation is 1. The molecule has 0 aliphatic carbocycles. The second-order valence-electron chi connectivity index (χ2n) is 5.96. The second kappa shape index (κ2) is 6.45. The zero-order valence-corrected chi connectivity index (χ0v) is 13.8. The van der Waals surface area contributed by atoms with Crippen LogP contribution in [-0.2, 0) is 9.59 Å². The van der Waals surface area contributed by atoms with Gasteiger partial charge in [0, 0.05) is 24.3 Å². The molecule has 0 unspecified atom stereocenters. The van der Waals surface area contributed by atoms with E-state index in [4.69, 9.17) is 5.73 Å². The first-order valence-electron chi connectivity index (χ1n) is 7.90. The summed E-state index contributed by atoms with van der Waals surface area (Å²) in [5.74, 6) is -0.568. The molecule has 1 atom stereocenters. The summed E-state index contributed by atoms with van der Waals surface area (Å²) in [4.78, 5) is 25.7. The highest BCUT2D eigenvalue weighted by Gasteiger charge is 2.35. The summed E-state index contributed by atoms with van der Waals surface area (Å²) in [5, 5.41) is 7.47. The molecule has 3 N–H and O–H groups in total. The van der Waals surface area contributed by atoms with Crippen molar-refractivity contribution in [1.82, 2.24) is 20.0 Å². The molecule has 1 aromatic heterocycles. The Balaban J connectivity index is 2.05. The van der Waals surface area contributed by atoms with Crippen LogP contribution in [0.3, 0.4) is 0 Å². The molecule has 3 rings (SSSR count). The van der Waals surface area contributed by atoms with Crippen molar-refractivity contribution in [3.05, 3.63) is 47.3 Å². The van der Waals surface area contributed by atoms with Gasteiger partial charge in [-0.3, -0.25) is 14.5 Å². The van der Waals surface area contributed by atoms with Gasteiger partial charge in [-0.1, -0.05) is 18.2 Å². The Labute approximate surface area is 140 Å². The number of carbonyl (C=O) groups excluding carboxylic acids is 2. The Morgan fingerprint density at radius 1 is 1.33 bits per heavy atom. The van der Waals surface area contributed by atoms with Gasteiger partial charge in [-0.15, -0.1) is 0 Å². The fraction of sp³-hybridized carbons (Fsp3) is 0.353. The number of nitrogens with two attached hydrogens (primary N) is 1. The molecule has 1 aliphatic rings. The maximum Gasteiger partial charge on any atom is 0.242 e. The van der Waals surface area contributed by atoms with Crippen molar-refractivity contribution < 1.29 is 9.59 Å². The van der Waals surface area contributed by atoms with Crippen molar-refractivity contribution in [3.8, 4) is 5.69 Å². The molecule has 1 aromatic carbocycles. The minimum absolute atomic E-state index is 0.0491. The number of nitrogens with zero attached hydrogens (tertiary/aromatic N) is 3. The fourth-order valence-electron chi connectivity index (χ4n) is 3.27. The predicted molar refractivity (Wildman–Crippen MR) is 89.6 cm³/mol. The lowest BCUT2D eigenvalue weighted by Gasteiger charge is -2.34. The van der Waals surface area contributed by atoms with Crippen LogP contribution in [0.15, 0.2) is 30.3 Å². The van der Waals surface area contributed by atoms with Crippen molar-refractivity contribution in [3.63, 3.8) is 0 Å². The summed E-state index contributed by atoms with van der Waals surface area (Å²) in [6.45, 7) is 4.95. The number of hydrogen-bond acceptors (Lipinski definition) is 4. The Morgan fingerprint density at radius 3 is 2.71 bits per heavy atom. The molecule has 1 aliphatic heterocycles. The average molecular weight is 327 g/mol. The van der Waals surface area contributed by atoms with Crippen molar-refractivity contribution in [2.45, 2.75) is 19.9 Å². The second-order valence-corrected chi connectivity index (χ2v) is 5.96. The zero-order chi connectivity index (χ0) is 17.3. The van der Waals surface area contributed by atoms with Gasteiger partial charge in [0.2, 0.25) is 11.8 Å². The smallest absolute Gasteiger partial charge is 0.242 e. The number of piperazine rings is 1. The summed E-state index contributed by atoms with van der Waals surface area (Å²) < 4.78 is 1.83. The zero-order valence-electron chi connectivity index (χ0n) is 13.8. The van der Waals surface area contributed by atoms with Gasteiger partial charge in [0.1, 0.15) is 6.04 Å². The standard InChI is InChI=1S/C17H21N5O2/c1-11-15(12(2)22(20-11)13-6-4-3-5-7-13)16-17(24)19-8-9-21(16)10-14(18)23/h3-7,16H,8-10H2,1-2H3,(H2,18,23)(H,19,24)/t16-/m1/s1. The minimum atomic E-state index is -0.552. The molecule has 7 heteroatoms. The van der Waals surface area contributed by atoms with Crippen LogP contribution in [0.25, 0.3) is 5.69 Å². The molecule has 0 saturated carbocycles. The van der Waals surface area contributed by atoms with Crippen molar-refractivity contribution in [2.75, 3.05) is 19.6 Å². The number of nitrogens with one attached hydrogen (secondary N) is 1. The normalized spacial score (nSPS) is 18.4. The first-order valence-corrected chi connectivity index (χ1v) is 7.90. The average Bonchev–Trinajstić information content (AvgIpc) is 2.83. The van der Waals surface area contributed by atoms with Gasteiger partial charge in [-0.05, 0) is 26.0 Å². The predicted octanol–water partition coefficient (Wildman–Crippen LogP) is 0.447. The Kier molecular flexibility index (Phi) is 4.35. The van der Waals surface area contributed by atoms with Crippen LogP contribution >= 0.6 is 0 Å². The number of amides is 2. The molecular weight excluding hydrogens is 306 g/mol. The van der Waals surface area contributed by atoms with Crippen LogP contribution < -0.4 is 11.1 Å². The third-order valence-corrected chi connectivity index (χ3v) is 4.29. The summed E-state index contributed by atoms with van der Waals surface area (Å²) >= 11 is 0. The van der Waals surface area contributed by atoms with Gasteiger partial charge in [0.05, 0.1) is 17.9 Å². The van der Waals surface area contributed by atoms with E-state index in [2.05, 4.69) is 10.4 Å². The number of para-hydroxylation sites is 1. The number of rotatable bonds is 4. The summed E-state index contributed by atoms with van der Waals surface area (Å²) in [6.07, 6.45) is 0. The van der Waals surface area contributed by atoms with E-state index in [9.17, 15) is 9.59 Å². The molecule has 0 radical (unpaired) electrons. The quantitative estimate of drug-likeness (QED) is 0.852. The summed E-state index contributed by atoms with van der Waals surface area (Å²) in [6, 6.07) is 9.20. The van der Waals surface area contributed by atoms with Crippen LogP contribution in [0.5, 0.6) is 0 Å². The molecule has 0 spiro atoms. The first kappa shape index (κ1) is 16.2. The largest absolute Gasteiger partial charge is 0.369 e. The topological polar surface area (TPSA) is 93.2 Å². The van der Waals surface area contributed by atoms with Gasteiger partial charge in [-0.2, -0.15) is 5.10 Å². The van der Waals surface area contributed by atoms with Crippen molar-refractivity contribution >= 4 is 11.8 Å². The SMILES string of the molecule is Cc1nn(-c2ccccc2)c(C)c1[C@@H]1C(=O)NCCN1CC(N)=O. The molecule has 2 aromatic rings. The van der Waals surface area contributed by atoms with E-state index < -0.39 is 11.9 Å². The fourth-order valence-corrected chi connectivity index (χ4v) is 3.27. The van der Waals surface area contributed by atoms with Crippen LogP contribution in [-0.4, -0.2) is 46.1 Å². The molecule has 24 heavy (non-hydrogen) atoms. The Bertz CT molecular complexity index is 769. The number of carbonyl (C=O) groups is 2. The van der Waals surface area contributed by atoms with Gasteiger partial charge < -0.3 is 11.1 Å². The molecule has 126 valence electrons. The summed E-state index contributed by atoms with van der Waals surface area (Å²) in [5.41, 5.74) is 8.77. The van der Waals surface area contributed by atoms with Gasteiger partial charge >= 0.3 is 0 Å². The third-order valence-electron chi connectivity index (χ3n) is 4.29. The van der Waals surface area contributed by atoms with E-state index in [-0.39, 0.29) is 12.5 Å². The third kappa shape index (κ3) is 2.90. The highest BCUT2D eigenvalue weighted by atomic mass is 16.2. The number of primary amides is 1. The summed E-state index contributed by atoms with van der Waals surface area (Å²) in [7, 11) is 0. The van der Waals surface area contributed by atoms with Gasteiger partial charge in [0.25, 0.3) is 0 Å². The van der Waals surface area contributed by atoms with Crippen LogP contribution in [0.1, 0.15) is 23.0 Å². The maximum absolute atomic E-state index is 12.5. The lowest BCUT2D eigenvalue weighted by atomic mass is 10.00. The monoisotopic (exact) mass is 327 g/mol. The van der Waals surface area contributed by atoms with E-state index >= 15 is 0 Å². The van der Waals surface area contributed by atoms with E-state index in [1.165, 1.54) is 0 Å². The van der Waals surface area contributed by atoms with E-state index in [1.54, 1.807) is 0 Å². The lowest BCUT2D eigenvalue weighted by molar-refractivity contribution is -0.131. The Hall–Kier alpha value is -2.67. The molecule has 2 amide bonds. The molecule has 2 heterocycles. The highest BCUT2D eigenvalue weighted by Crippen LogP contribution is 2.29. The van der Waals surface area contributed by atoms with Crippen LogP contribution in [0, 0.1) is 13.8 Å². The number of hydrogen-bond donors (Lipinski definition) is 2. The Morgan fingerprint density at radius 2 is 2.04 bits per heavy atom. The maximum atomic E-state index is 12.5. The van der Waals surface area contributed by atoms with Crippen molar-refractivity contribution in [1.29, 1.82) is 0 Å².